The lowest BCUT2D eigenvalue weighted by molar-refractivity contribution is -0.152. The van der Waals surface area contributed by atoms with Crippen LogP contribution < -0.4 is 5.32 Å². The second-order valence-electron chi connectivity index (χ2n) is 6.39. The van der Waals surface area contributed by atoms with Gasteiger partial charge in [0.1, 0.15) is 5.41 Å². The Hall–Kier alpha value is -1.39. The molecule has 0 radical (unpaired) electrons. The number of rotatable bonds is 3. The Bertz CT molecular complexity index is 409. The lowest BCUT2D eigenvalue weighted by Gasteiger charge is -2.39. The highest BCUT2D eigenvalue weighted by Crippen LogP contribution is 2.39. The number of hydrogen-bond donors (Lipinski definition) is 1. The van der Waals surface area contributed by atoms with Gasteiger partial charge in [0, 0.05) is 6.54 Å². The normalized spacial score (nSPS) is 23.1. The Labute approximate surface area is 120 Å². The number of nitrogens with zero attached hydrogens (tertiary/aromatic N) is 1. The summed E-state index contributed by atoms with van der Waals surface area (Å²) in [7, 11) is 0. The van der Waals surface area contributed by atoms with Gasteiger partial charge in [-0.2, -0.15) is 0 Å². The van der Waals surface area contributed by atoms with E-state index in [4.69, 9.17) is 0 Å². The molecule has 2 rings (SSSR count). The lowest BCUT2D eigenvalue weighted by atomic mass is 9.77. The summed E-state index contributed by atoms with van der Waals surface area (Å²) in [5, 5.41) is 2.40. The van der Waals surface area contributed by atoms with Crippen molar-refractivity contribution in [3.8, 4) is 0 Å². The minimum atomic E-state index is -0.985. The van der Waals surface area contributed by atoms with Gasteiger partial charge in [0.25, 0.3) is 0 Å². The Morgan fingerprint density at radius 1 is 1.10 bits per heavy atom. The molecule has 0 bridgehead atoms. The van der Waals surface area contributed by atoms with E-state index in [1.807, 2.05) is 0 Å². The van der Waals surface area contributed by atoms with Gasteiger partial charge >= 0.3 is 6.03 Å². The van der Waals surface area contributed by atoms with Crippen LogP contribution in [0.15, 0.2) is 0 Å². The van der Waals surface area contributed by atoms with E-state index in [1.54, 1.807) is 0 Å². The van der Waals surface area contributed by atoms with E-state index in [0.29, 0.717) is 25.3 Å². The third-order valence-corrected chi connectivity index (χ3v) is 4.44. The van der Waals surface area contributed by atoms with E-state index in [2.05, 4.69) is 19.2 Å². The number of carbonyl (C=O) groups excluding carboxylic acids is 3. The molecule has 1 aliphatic heterocycles. The second kappa shape index (κ2) is 5.94. The minimum Gasteiger partial charge on any atom is -0.277 e. The van der Waals surface area contributed by atoms with Crippen molar-refractivity contribution in [3.63, 3.8) is 0 Å². The molecule has 5 nitrogen and oxygen atoms in total. The highest BCUT2D eigenvalue weighted by atomic mass is 16.2. The van der Waals surface area contributed by atoms with Crippen LogP contribution in [0.3, 0.4) is 0 Å². The molecule has 1 N–H and O–H groups in total. The van der Waals surface area contributed by atoms with Crippen LogP contribution in [0.25, 0.3) is 0 Å². The van der Waals surface area contributed by atoms with E-state index in [0.717, 1.165) is 32.1 Å². The van der Waals surface area contributed by atoms with Gasteiger partial charge in [-0.25, -0.2) is 4.79 Å². The molecule has 2 fully saturated rings. The molecule has 1 spiro atoms. The predicted octanol–water partition coefficient (Wildman–Crippen LogP) is 2.45. The molecule has 1 saturated carbocycles. The molecule has 0 aromatic heterocycles. The fraction of sp³-hybridized carbons (Fsp3) is 0.800. The molecule has 0 aromatic rings. The Morgan fingerprint density at radius 3 is 2.25 bits per heavy atom. The highest BCUT2D eigenvalue weighted by molar-refractivity contribution is 6.19. The molecule has 112 valence electrons. The van der Waals surface area contributed by atoms with Crippen LogP contribution in [-0.4, -0.2) is 29.3 Å². The van der Waals surface area contributed by atoms with E-state index in [-0.39, 0.29) is 11.8 Å². The van der Waals surface area contributed by atoms with Crippen LogP contribution in [0.1, 0.15) is 58.8 Å². The zero-order chi connectivity index (χ0) is 14.8. The van der Waals surface area contributed by atoms with Gasteiger partial charge in [-0.15, -0.1) is 0 Å². The maximum absolute atomic E-state index is 12.7. The number of nitrogens with one attached hydrogen (secondary N) is 1. The molecule has 2 aliphatic rings. The first kappa shape index (κ1) is 15.0. The summed E-state index contributed by atoms with van der Waals surface area (Å²) < 4.78 is 0. The van der Waals surface area contributed by atoms with Crippen LogP contribution in [0.5, 0.6) is 0 Å². The summed E-state index contributed by atoms with van der Waals surface area (Å²) in [5.74, 6) is -0.234. The van der Waals surface area contributed by atoms with Crippen molar-refractivity contribution in [2.45, 2.75) is 58.8 Å². The fourth-order valence-electron chi connectivity index (χ4n) is 3.10. The topological polar surface area (TPSA) is 66.5 Å². The van der Waals surface area contributed by atoms with Gasteiger partial charge in [0.15, 0.2) is 0 Å². The molecule has 1 aliphatic carbocycles. The summed E-state index contributed by atoms with van der Waals surface area (Å²) in [6.45, 7) is 4.51. The summed E-state index contributed by atoms with van der Waals surface area (Å²) in [6.07, 6.45) is 5.79. The van der Waals surface area contributed by atoms with Crippen molar-refractivity contribution in [1.29, 1.82) is 0 Å². The number of carbonyl (C=O) groups is 3. The van der Waals surface area contributed by atoms with Crippen molar-refractivity contribution in [1.82, 2.24) is 10.2 Å². The summed E-state index contributed by atoms with van der Waals surface area (Å²) >= 11 is 0. The predicted molar refractivity (Wildman–Crippen MR) is 74.8 cm³/mol. The number of barbiturate groups is 1. The Kier molecular flexibility index (Phi) is 4.45. The van der Waals surface area contributed by atoms with Gasteiger partial charge in [0.05, 0.1) is 0 Å². The van der Waals surface area contributed by atoms with Crippen molar-refractivity contribution >= 4 is 17.8 Å². The van der Waals surface area contributed by atoms with Crippen LogP contribution in [0, 0.1) is 11.3 Å². The number of imide groups is 2. The van der Waals surface area contributed by atoms with Crippen LogP contribution in [-0.2, 0) is 9.59 Å². The standard InChI is InChI=1S/C15H24N2O3/c1-11(2)7-10-17-13(19)15(12(18)16-14(17)20)8-5-3-4-6-9-15/h11H,3-10H2,1-2H3,(H,16,18,20). The summed E-state index contributed by atoms with van der Waals surface area (Å²) in [5.41, 5.74) is -0.985. The summed E-state index contributed by atoms with van der Waals surface area (Å²) in [4.78, 5) is 38.2. The highest BCUT2D eigenvalue weighted by Gasteiger charge is 2.53. The average Bonchev–Trinajstić information content (AvgIpc) is 2.63. The number of urea groups is 1. The van der Waals surface area contributed by atoms with Crippen LogP contribution in [0.4, 0.5) is 4.79 Å². The molecule has 20 heavy (non-hydrogen) atoms. The average molecular weight is 280 g/mol. The quantitative estimate of drug-likeness (QED) is 0.807. The van der Waals surface area contributed by atoms with E-state index >= 15 is 0 Å². The van der Waals surface area contributed by atoms with E-state index in [9.17, 15) is 14.4 Å². The van der Waals surface area contributed by atoms with Gasteiger partial charge in [-0.3, -0.25) is 19.8 Å². The van der Waals surface area contributed by atoms with Crippen molar-refractivity contribution in [2.24, 2.45) is 11.3 Å². The molecule has 5 heteroatoms. The molecular formula is C15H24N2O3. The van der Waals surface area contributed by atoms with Crippen molar-refractivity contribution in [3.05, 3.63) is 0 Å². The van der Waals surface area contributed by atoms with Crippen LogP contribution in [0.2, 0.25) is 0 Å². The maximum atomic E-state index is 12.7. The molecule has 4 amide bonds. The fourth-order valence-corrected chi connectivity index (χ4v) is 3.10. The lowest BCUT2D eigenvalue weighted by Crippen LogP contribution is -2.63. The number of hydrogen-bond acceptors (Lipinski definition) is 3. The molecular weight excluding hydrogens is 256 g/mol. The molecule has 0 aromatic carbocycles. The SMILES string of the molecule is CC(C)CCN1C(=O)NC(=O)C2(CCCCCC2)C1=O. The largest absolute Gasteiger partial charge is 0.330 e. The molecule has 1 heterocycles. The van der Waals surface area contributed by atoms with Gasteiger partial charge in [0.2, 0.25) is 11.8 Å². The first-order chi connectivity index (χ1) is 9.47. The van der Waals surface area contributed by atoms with Crippen molar-refractivity contribution in [2.75, 3.05) is 6.54 Å². The third kappa shape index (κ3) is 2.72. The maximum Gasteiger partial charge on any atom is 0.330 e. The Morgan fingerprint density at radius 2 is 1.70 bits per heavy atom. The van der Waals surface area contributed by atoms with Gasteiger partial charge in [-0.1, -0.05) is 39.5 Å². The smallest absolute Gasteiger partial charge is 0.277 e. The zero-order valence-corrected chi connectivity index (χ0v) is 12.4. The zero-order valence-electron chi connectivity index (χ0n) is 12.4. The molecule has 0 unspecified atom stereocenters. The molecule has 1 saturated heterocycles. The van der Waals surface area contributed by atoms with E-state index < -0.39 is 11.4 Å². The van der Waals surface area contributed by atoms with Crippen LogP contribution >= 0.6 is 0 Å². The monoisotopic (exact) mass is 280 g/mol. The second-order valence-corrected chi connectivity index (χ2v) is 6.39. The Balaban J connectivity index is 2.21. The van der Waals surface area contributed by atoms with Gasteiger partial charge in [-0.05, 0) is 25.2 Å². The van der Waals surface area contributed by atoms with Crippen molar-refractivity contribution < 1.29 is 14.4 Å². The minimum absolute atomic E-state index is 0.270. The number of amides is 4. The summed E-state index contributed by atoms with van der Waals surface area (Å²) in [6, 6.07) is -0.546. The first-order valence-electron chi connectivity index (χ1n) is 7.65. The first-order valence-corrected chi connectivity index (χ1v) is 7.65. The van der Waals surface area contributed by atoms with Gasteiger partial charge < -0.3 is 0 Å². The van der Waals surface area contributed by atoms with E-state index in [1.165, 1.54) is 4.90 Å². The molecule has 0 atom stereocenters. The third-order valence-electron chi connectivity index (χ3n) is 4.44.